The van der Waals surface area contributed by atoms with Crippen molar-refractivity contribution >= 4 is 0 Å². The van der Waals surface area contributed by atoms with Crippen LogP contribution in [0.4, 0.5) is 0 Å². The van der Waals surface area contributed by atoms with Gasteiger partial charge in [-0.1, -0.05) is 35.9 Å². The first-order valence-electron chi connectivity index (χ1n) is 6.05. The van der Waals surface area contributed by atoms with Crippen molar-refractivity contribution in [3.8, 4) is 11.4 Å². The van der Waals surface area contributed by atoms with Gasteiger partial charge in [-0.3, -0.25) is 0 Å². The lowest BCUT2D eigenvalue weighted by molar-refractivity contribution is 0.829. The average Bonchev–Trinajstić information content (AvgIpc) is 2.83. The highest BCUT2D eigenvalue weighted by molar-refractivity contribution is 5.35. The highest BCUT2D eigenvalue weighted by Crippen LogP contribution is 2.07. The molecule has 0 bridgehead atoms. The second-order valence-electron chi connectivity index (χ2n) is 4.37. The molecule has 0 spiro atoms. The normalized spacial score (nSPS) is 10.6. The van der Waals surface area contributed by atoms with E-state index < -0.39 is 0 Å². The lowest BCUT2D eigenvalue weighted by Gasteiger charge is -2.01. The Morgan fingerprint density at radius 1 is 0.895 bits per heavy atom. The molecule has 0 unspecified atom stereocenters. The molecule has 3 aromatic rings. The minimum atomic E-state index is -0.171. The number of hydrogen-bond donors (Lipinski definition) is 0. The zero-order valence-electron chi connectivity index (χ0n) is 10.5. The summed E-state index contributed by atoms with van der Waals surface area (Å²) in [5.41, 5.74) is 2.56. The van der Waals surface area contributed by atoms with Crippen molar-refractivity contribution in [1.82, 2.24) is 14.3 Å². The molecule has 0 aliphatic rings. The molecule has 3 rings (SSSR count). The first-order valence-corrected chi connectivity index (χ1v) is 6.05. The molecular weight excluding hydrogens is 238 g/mol. The minimum absolute atomic E-state index is 0.171. The maximum absolute atomic E-state index is 12.3. The largest absolute Gasteiger partial charge is 0.355 e. The van der Waals surface area contributed by atoms with E-state index in [-0.39, 0.29) is 5.69 Å². The van der Waals surface area contributed by atoms with E-state index in [0.717, 1.165) is 16.9 Å². The van der Waals surface area contributed by atoms with Gasteiger partial charge in [-0.15, -0.1) is 0 Å². The van der Waals surface area contributed by atoms with Gasteiger partial charge in [0.1, 0.15) is 6.33 Å². The Morgan fingerprint density at radius 3 is 2.26 bits per heavy atom. The molecule has 4 nitrogen and oxygen atoms in total. The number of benzene rings is 2. The van der Waals surface area contributed by atoms with Crippen LogP contribution in [0.15, 0.2) is 65.7 Å². The van der Waals surface area contributed by atoms with Gasteiger partial charge >= 0.3 is 5.69 Å². The molecule has 0 saturated carbocycles. The highest BCUT2D eigenvalue weighted by atomic mass is 16.2. The van der Waals surface area contributed by atoms with Gasteiger partial charge in [-0.25, -0.2) is 9.36 Å². The fraction of sp³-hybridized carbons (Fsp3) is 0.0667. The lowest BCUT2D eigenvalue weighted by atomic mass is 10.2. The average molecular weight is 251 g/mol. The molecule has 1 heterocycles. The van der Waals surface area contributed by atoms with Crippen LogP contribution in [0.25, 0.3) is 11.4 Å². The Hall–Kier alpha value is -2.62. The zero-order valence-corrected chi connectivity index (χ0v) is 10.5. The third-order valence-electron chi connectivity index (χ3n) is 2.98. The van der Waals surface area contributed by atoms with Crippen LogP contribution < -0.4 is 5.69 Å². The number of aryl methyl sites for hydroxylation is 1. The smallest absolute Gasteiger partial charge is 0.249 e. The second-order valence-corrected chi connectivity index (χ2v) is 4.37. The summed E-state index contributed by atoms with van der Waals surface area (Å²) in [7, 11) is 0. The Labute approximate surface area is 110 Å². The molecule has 0 radical (unpaired) electrons. The molecule has 2 aromatic carbocycles. The molecule has 19 heavy (non-hydrogen) atoms. The fourth-order valence-corrected chi connectivity index (χ4v) is 1.93. The quantitative estimate of drug-likeness (QED) is 0.701. The molecular formula is C15H13N3O. The molecule has 0 atom stereocenters. The van der Waals surface area contributed by atoms with Crippen LogP contribution in [0.2, 0.25) is 0 Å². The van der Waals surface area contributed by atoms with E-state index in [9.17, 15) is 4.79 Å². The van der Waals surface area contributed by atoms with Crippen LogP contribution in [-0.2, 0) is 0 Å². The molecule has 0 amide bonds. The van der Waals surface area contributed by atoms with Crippen molar-refractivity contribution in [1.29, 1.82) is 0 Å². The summed E-state index contributed by atoms with van der Waals surface area (Å²) < 4.78 is 2.92. The third kappa shape index (κ3) is 2.08. The Kier molecular flexibility index (Phi) is 2.76. The lowest BCUT2D eigenvalue weighted by Crippen LogP contribution is -2.22. The summed E-state index contributed by atoms with van der Waals surface area (Å²) >= 11 is 0. The summed E-state index contributed by atoms with van der Waals surface area (Å²) in [6.45, 7) is 2.01. The number of aromatic nitrogens is 3. The van der Waals surface area contributed by atoms with E-state index in [1.165, 1.54) is 15.6 Å². The molecule has 0 aliphatic heterocycles. The topological polar surface area (TPSA) is 39.8 Å². The fourth-order valence-electron chi connectivity index (χ4n) is 1.93. The van der Waals surface area contributed by atoms with Gasteiger partial charge in [0.25, 0.3) is 0 Å². The monoisotopic (exact) mass is 251 g/mol. The maximum atomic E-state index is 12.3. The van der Waals surface area contributed by atoms with Gasteiger partial charge in [0.2, 0.25) is 0 Å². The van der Waals surface area contributed by atoms with Gasteiger partial charge in [0, 0.05) is 0 Å². The zero-order chi connectivity index (χ0) is 13.2. The van der Waals surface area contributed by atoms with Crippen molar-refractivity contribution in [2.45, 2.75) is 6.92 Å². The summed E-state index contributed by atoms with van der Waals surface area (Å²) in [5, 5.41) is 4.16. The molecule has 0 saturated heterocycles. The number of para-hydroxylation sites is 1. The number of rotatable bonds is 2. The summed E-state index contributed by atoms with van der Waals surface area (Å²) in [6.07, 6.45) is 1.54. The summed E-state index contributed by atoms with van der Waals surface area (Å²) in [6, 6.07) is 17.2. The minimum Gasteiger partial charge on any atom is -0.249 e. The summed E-state index contributed by atoms with van der Waals surface area (Å²) in [5.74, 6) is 0. The first-order chi connectivity index (χ1) is 9.25. The van der Waals surface area contributed by atoms with Crippen molar-refractivity contribution in [3.63, 3.8) is 0 Å². The van der Waals surface area contributed by atoms with Crippen molar-refractivity contribution in [3.05, 3.63) is 77.0 Å². The van der Waals surface area contributed by atoms with Gasteiger partial charge in [0.15, 0.2) is 0 Å². The van der Waals surface area contributed by atoms with Crippen LogP contribution in [0.5, 0.6) is 0 Å². The standard InChI is InChI=1S/C15H13N3O/c1-12-7-9-14(10-8-12)18-15(19)17(11-16-18)13-5-3-2-4-6-13/h2-11H,1H3. The van der Waals surface area contributed by atoms with Gasteiger partial charge in [-0.05, 0) is 31.2 Å². The van der Waals surface area contributed by atoms with Crippen LogP contribution in [0, 0.1) is 6.92 Å². The van der Waals surface area contributed by atoms with Crippen LogP contribution in [-0.4, -0.2) is 14.3 Å². The van der Waals surface area contributed by atoms with Crippen molar-refractivity contribution in [2.75, 3.05) is 0 Å². The van der Waals surface area contributed by atoms with E-state index in [1.54, 1.807) is 0 Å². The third-order valence-corrected chi connectivity index (χ3v) is 2.98. The maximum Gasteiger partial charge on any atom is 0.355 e. The first kappa shape index (κ1) is 11.5. The van der Waals surface area contributed by atoms with Gasteiger partial charge in [-0.2, -0.15) is 9.78 Å². The van der Waals surface area contributed by atoms with Crippen LogP contribution >= 0.6 is 0 Å². The molecule has 0 N–H and O–H groups in total. The van der Waals surface area contributed by atoms with Gasteiger partial charge in [0.05, 0.1) is 11.4 Å². The van der Waals surface area contributed by atoms with E-state index in [4.69, 9.17) is 0 Å². The van der Waals surface area contributed by atoms with E-state index in [0.29, 0.717) is 0 Å². The number of hydrogen-bond acceptors (Lipinski definition) is 2. The molecule has 4 heteroatoms. The molecule has 0 fully saturated rings. The SMILES string of the molecule is Cc1ccc(-n2ncn(-c3ccccc3)c2=O)cc1. The molecule has 1 aromatic heterocycles. The molecule has 0 aliphatic carbocycles. The molecule has 94 valence electrons. The predicted molar refractivity (Wildman–Crippen MR) is 73.9 cm³/mol. The van der Waals surface area contributed by atoms with Crippen molar-refractivity contribution < 1.29 is 0 Å². The highest BCUT2D eigenvalue weighted by Gasteiger charge is 2.07. The van der Waals surface area contributed by atoms with E-state index in [2.05, 4.69) is 5.10 Å². The second kappa shape index (κ2) is 4.57. The van der Waals surface area contributed by atoms with Crippen molar-refractivity contribution in [2.24, 2.45) is 0 Å². The Balaban J connectivity index is 2.09. The number of nitrogens with zero attached hydrogens (tertiary/aromatic N) is 3. The van der Waals surface area contributed by atoms with Crippen LogP contribution in [0.1, 0.15) is 5.56 Å². The van der Waals surface area contributed by atoms with Gasteiger partial charge < -0.3 is 0 Å². The van der Waals surface area contributed by atoms with E-state index in [1.807, 2.05) is 61.5 Å². The van der Waals surface area contributed by atoms with E-state index >= 15 is 0 Å². The Bertz CT molecular complexity index is 739. The Morgan fingerprint density at radius 2 is 1.58 bits per heavy atom. The summed E-state index contributed by atoms with van der Waals surface area (Å²) in [4.78, 5) is 12.3. The van der Waals surface area contributed by atoms with Crippen LogP contribution in [0.3, 0.4) is 0 Å². The predicted octanol–water partition coefficient (Wildman–Crippen LogP) is 2.33.